The van der Waals surface area contributed by atoms with Gasteiger partial charge in [0.1, 0.15) is 19.0 Å². The van der Waals surface area contributed by atoms with Gasteiger partial charge in [-0.15, -0.1) is 0 Å². The molecule has 0 bridgehead atoms. The van der Waals surface area contributed by atoms with Crippen LogP contribution in [0.3, 0.4) is 0 Å². The zero-order valence-corrected chi connectivity index (χ0v) is 9.96. The van der Waals surface area contributed by atoms with Gasteiger partial charge in [0.15, 0.2) is 5.78 Å². The maximum atomic E-state index is 11.8. The van der Waals surface area contributed by atoms with Crippen molar-refractivity contribution in [1.82, 2.24) is 0 Å². The Morgan fingerprint density at radius 2 is 2.07 bits per heavy atom. The van der Waals surface area contributed by atoms with Gasteiger partial charge < -0.3 is 4.74 Å². The van der Waals surface area contributed by atoms with Crippen molar-refractivity contribution in [2.24, 2.45) is 0 Å². The molecule has 0 amide bonds. The molecule has 0 aliphatic rings. The topological polar surface area (TPSA) is 26.3 Å². The molecule has 0 aliphatic heterocycles. The first-order valence-corrected chi connectivity index (χ1v) is 5.54. The highest BCUT2D eigenvalue weighted by Gasteiger charge is 2.11. The van der Waals surface area contributed by atoms with Gasteiger partial charge in [0.25, 0.3) is 0 Å². The molecule has 1 unspecified atom stereocenters. The second-order valence-electron chi connectivity index (χ2n) is 3.04. The van der Waals surface area contributed by atoms with Gasteiger partial charge in [-0.3, -0.25) is 4.79 Å². The lowest BCUT2D eigenvalue weighted by atomic mass is 10.1. The van der Waals surface area contributed by atoms with Gasteiger partial charge in [0.05, 0.1) is 4.83 Å². The van der Waals surface area contributed by atoms with Crippen molar-refractivity contribution in [3.63, 3.8) is 0 Å². The summed E-state index contributed by atoms with van der Waals surface area (Å²) in [6.07, 6.45) is 0. The molecule has 4 heteroatoms. The number of halogens is 2. The third-order valence-corrected chi connectivity index (χ3v) is 2.26. The molecule has 1 aromatic rings. The predicted octanol–water partition coefficient (Wildman–Crippen LogP) is 3.00. The fraction of sp³-hybridized carbons (Fsp3) is 0.364. The Hall–Kier alpha value is -0.900. The Morgan fingerprint density at radius 1 is 1.47 bits per heavy atom. The van der Waals surface area contributed by atoms with Gasteiger partial charge in [-0.25, -0.2) is 4.39 Å². The van der Waals surface area contributed by atoms with Crippen LogP contribution in [0.15, 0.2) is 24.3 Å². The van der Waals surface area contributed by atoms with E-state index in [9.17, 15) is 9.18 Å². The lowest BCUT2D eigenvalue weighted by Crippen LogP contribution is -2.09. The van der Waals surface area contributed by atoms with Crippen molar-refractivity contribution in [3.8, 4) is 5.75 Å². The molecule has 82 valence electrons. The summed E-state index contributed by atoms with van der Waals surface area (Å²) in [5, 5.41) is 0. The number of hydrogen-bond donors (Lipinski definition) is 0. The average molecular weight is 275 g/mol. The number of carbonyl (C=O) groups excluding carboxylic acids is 1. The number of ether oxygens (including phenoxy) is 1. The summed E-state index contributed by atoms with van der Waals surface area (Å²) < 4.78 is 16.9. The van der Waals surface area contributed by atoms with E-state index in [4.69, 9.17) is 4.74 Å². The molecule has 1 rings (SSSR count). The summed E-state index contributed by atoms with van der Waals surface area (Å²) in [5.74, 6) is 0.596. The van der Waals surface area contributed by atoms with Crippen molar-refractivity contribution in [2.75, 3.05) is 13.3 Å². The molecule has 15 heavy (non-hydrogen) atoms. The molecule has 0 N–H and O–H groups in total. The minimum Gasteiger partial charge on any atom is -0.491 e. The summed E-state index contributed by atoms with van der Waals surface area (Å²) in [4.78, 5) is 11.3. The number of alkyl halides is 2. The number of benzene rings is 1. The van der Waals surface area contributed by atoms with Crippen molar-refractivity contribution >= 4 is 21.7 Å². The van der Waals surface area contributed by atoms with E-state index in [0.29, 0.717) is 11.3 Å². The van der Waals surface area contributed by atoms with E-state index in [0.717, 1.165) is 0 Å². The molecule has 1 aromatic carbocycles. The molecule has 2 nitrogen and oxygen atoms in total. The Kier molecular flexibility index (Phi) is 4.75. The second-order valence-corrected chi connectivity index (χ2v) is 4.42. The van der Waals surface area contributed by atoms with Crippen molar-refractivity contribution in [3.05, 3.63) is 29.8 Å². The van der Waals surface area contributed by atoms with Gasteiger partial charge in [0, 0.05) is 5.56 Å². The van der Waals surface area contributed by atoms with Crippen molar-refractivity contribution in [2.45, 2.75) is 11.8 Å². The highest BCUT2D eigenvalue weighted by atomic mass is 79.9. The van der Waals surface area contributed by atoms with Crippen LogP contribution in [0.2, 0.25) is 0 Å². The van der Waals surface area contributed by atoms with Crippen LogP contribution in [0.5, 0.6) is 5.75 Å². The highest BCUT2D eigenvalue weighted by Crippen LogP contribution is 2.15. The Labute approximate surface area is 96.6 Å². The Balaban J connectivity index is 2.68. The fourth-order valence-corrected chi connectivity index (χ4v) is 1.37. The van der Waals surface area contributed by atoms with Crippen LogP contribution in [0.25, 0.3) is 0 Å². The van der Waals surface area contributed by atoms with Gasteiger partial charge >= 0.3 is 0 Å². The van der Waals surface area contributed by atoms with Gasteiger partial charge in [-0.1, -0.05) is 15.9 Å². The SMILES string of the molecule is CC(Br)C(=O)c1ccc(OCCF)cc1. The van der Waals surface area contributed by atoms with E-state index in [1.54, 1.807) is 31.2 Å². The number of Topliss-reactive ketones (excluding diaryl/α,β-unsaturated/α-hetero) is 1. The minimum atomic E-state index is -0.515. The minimum absolute atomic E-state index is 0.0204. The molecule has 0 saturated carbocycles. The van der Waals surface area contributed by atoms with E-state index in [-0.39, 0.29) is 17.2 Å². The van der Waals surface area contributed by atoms with E-state index in [1.807, 2.05) is 0 Å². The molecule has 0 spiro atoms. The van der Waals surface area contributed by atoms with Crippen LogP contribution < -0.4 is 4.74 Å². The largest absolute Gasteiger partial charge is 0.491 e. The van der Waals surface area contributed by atoms with E-state index in [1.165, 1.54) is 0 Å². The highest BCUT2D eigenvalue weighted by molar-refractivity contribution is 9.10. The normalized spacial score (nSPS) is 12.2. The number of carbonyl (C=O) groups is 1. The molecule has 1 atom stereocenters. The third kappa shape index (κ3) is 3.63. The maximum absolute atomic E-state index is 11.8. The zero-order chi connectivity index (χ0) is 11.3. The van der Waals surface area contributed by atoms with Crippen LogP contribution >= 0.6 is 15.9 Å². The van der Waals surface area contributed by atoms with Gasteiger partial charge in [0.2, 0.25) is 0 Å². The number of ketones is 1. The lowest BCUT2D eigenvalue weighted by Gasteiger charge is -2.05. The van der Waals surface area contributed by atoms with Crippen LogP contribution in [0.4, 0.5) is 4.39 Å². The molecule has 0 saturated heterocycles. The van der Waals surface area contributed by atoms with Crippen LogP contribution in [-0.4, -0.2) is 23.9 Å². The first-order chi connectivity index (χ1) is 7.15. The zero-order valence-electron chi connectivity index (χ0n) is 8.37. The molecule has 0 radical (unpaired) electrons. The molecule has 0 heterocycles. The number of hydrogen-bond acceptors (Lipinski definition) is 2. The van der Waals surface area contributed by atoms with Crippen molar-refractivity contribution in [1.29, 1.82) is 0 Å². The lowest BCUT2D eigenvalue weighted by molar-refractivity contribution is 0.0996. The molecule has 0 fully saturated rings. The molecular formula is C11H12BrFO2. The smallest absolute Gasteiger partial charge is 0.176 e. The Bertz CT molecular complexity index is 322. The van der Waals surface area contributed by atoms with Crippen molar-refractivity contribution < 1.29 is 13.9 Å². The van der Waals surface area contributed by atoms with Crippen LogP contribution in [-0.2, 0) is 0 Å². The van der Waals surface area contributed by atoms with Crippen LogP contribution in [0, 0.1) is 0 Å². The quantitative estimate of drug-likeness (QED) is 0.610. The Morgan fingerprint density at radius 3 is 2.53 bits per heavy atom. The average Bonchev–Trinajstić information content (AvgIpc) is 2.26. The summed E-state index contributed by atoms with van der Waals surface area (Å²) in [7, 11) is 0. The fourth-order valence-electron chi connectivity index (χ4n) is 1.10. The monoisotopic (exact) mass is 274 g/mol. The molecular weight excluding hydrogens is 263 g/mol. The maximum Gasteiger partial charge on any atom is 0.176 e. The van der Waals surface area contributed by atoms with Crippen LogP contribution in [0.1, 0.15) is 17.3 Å². The summed E-state index contributed by atoms with van der Waals surface area (Å²) in [6, 6.07) is 6.68. The molecule has 0 aromatic heterocycles. The summed E-state index contributed by atoms with van der Waals surface area (Å²) >= 11 is 3.21. The third-order valence-electron chi connectivity index (χ3n) is 1.85. The van der Waals surface area contributed by atoms with E-state index >= 15 is 0 Å². The molecule has 0 aliphatic carbocycles. The summed E-state index contributed by atoms with van der Waals surface area (Å²) in [5.41, 5.74) is 0.618. The standard InChI is InChI=1S/C11H12BrFO2/c1-8(12)11(14)9-2-4-10(5-3-9)15-7-6-13/h2-5,8H,6-7H2,1H3. The predicted molar refractivity (Wildman–Crippen MR) is 60.6 cm³/mol. The van der Waals surface area contributed by atoms with Gasteiger partial charge in [-0.2, -0.15) is 0 Å². The van der Waals surface area contributed by atoms with Gasteiger partial charge in [-0.05, 0) is 31.2 Å². The first-order valence-electron chi connectivity index (χ1n) is 4.62. The number of rotatable bonds is 5. The first kappa shape index (κ1) is 12.2. The second kappa shape index (κ2) is 5.85. The summed E-state index contributed by atoms with van der Waals surface area (Å²) in [6.45, 7) is 1.30. The van der Waals surface area contributed by atoms with E-state index < -0.39 is 6.67 Å². The van der Waals surface area contributed by atoms with E-state index in [2.05, 4.69) is 15.9 Å².